The SMILES string of the molecule is COc1cc(N2CCC(N3CCC(CN4CCC(c5ccc6c(c5)n(C)c(=O)n6C5CCC(=O)NC5=O)CC4)CC3)CC2)c(-c2cnn(C)c2)cc1Nc1ncc(Cl)c(Nc2ccc(-c3ccccc3)cc2P(C)(C)=O)n1. The summed E-state index contributed by atoms with van der Waals surface area (Å²) in [5.74, 6) is 1.75. The van der Waals surface area contributed by atoms with E-state index in [0.717, 1.165) is 110 Å². The number of anilines is 5. The number of carbonyl (C=O) groups is 2. The standard InChI is InChI=1S/C58H68ClN12O5P/c1-66-36-42(33-61-66)44-31-47(63-57-60-34-45(59)55(65-57)62-46-13-11-41(30-53(46)77(4,5)75)38-9-7-6-8-10-38)52(76-3)32-50(44)70-27-21-43(22-28-70)69-25-17-37(18-26-69)35-68-23-19-39(20-24-68)40-12-14-48-51(29-40)67(2)58(74)71(48)49-15-16-54(72)64-56(49)73/h6-14,29-34,36-37,39,43,49H,15-28,35H2,1-5H3,(H,64,72,73)(H2,60,62,63,65). The average Bonchev–Trinajstić information content (AvgIpc) is 4.07. The second-order valence-electron chi connectivity index (χ2n) is 21.8. The van der Waals surface area contributed by atoms with Crippen molar-refractivity contribution in [3.05, 3.63) is 119 Å². The maximum absolute atomic E-state index is 13.7. The molecule has 0 saturated carbocycles. The molecule has 7 aromatic rings. The van der Waals surface area contributed by atoms with Gasteiger partial charge in [0.05, 0.1) is 41.9 Å². The first-order chi connectivity index (χ1) is 37.2. The van der Waals surface area contributed by atoms with E-state index in [-0.39, 0.29) is 18.0 Å². The van der Waals surface area contributed by atoms with Gasteiger partial charge in [-0.2, -0.15) is 10.1 Å². The van der Waals surface area contributed by atoms with Crippen molar-refractivity contribution in [1.82, 2.24) is 44.0 Å². The zero-order valence-electron chi connectivity index (χ0n) is 44.5. The van der Waals surface area contributed by atoms with E-state index in [0.29, 0.717) is 63.5 Å². The fourth-order valence-electron chi connectivity index (χ4n) is 12.2. The minimum atomic E-state index is -2.73. The van der Waals surface area contributed by atoms with Crippen molar-refractivity contribution >= 4 is 75.7 Å². The van der Waals surface area contributed by atoms with Crippen LogP contribution in [0, 0.1) is 5.92 Å². The molecule has 0 radical (unpaired) electrons. The van der Waals surface area contributed by atoms with Crippen LogP contribution in [0.1, 0.15) is 68.9 Å². The monoisotopic (exact) mass is 1080 g/mol. The molecule has 77 heavy (non-hydrogen) atoms. The fourth-order valence-corrected chi connectivity index (χ4v) is 13.5. The van der Waals surface area contributed by atoms with Crippen LogP contribution >= 0.6 is 18.7 Å². The predicted molar refractivity (Wildman–Crippen MR) is 306 cm³/mol. The summed E-state index contributed by atoms with van der Waals surface area (Å²) in [6.07, 6.45) is 12.8. The molecule has 3 N–H and O–H groups in total. The number of fused-ring (bicyclic) bond motifs is 1. The van der Waals surface area contributed by atoms with Gasteiger partial charge in [-0.25, -0.2) is 9.78 Å². The second-order valence-corrected chi connectivity index (χ2v) is 25.4. The first-order valence-corrected chi connectivity index (χ1v) is 29.9. The largest absolute Gasteiger partial charge is 0.494 e. The molecule has 0 aliphatic carbocycles. The number of benzene rings is 4. The van der Waals surface area contributed by atoms with E-state index in [4.69, 9.17) is 21.3 Å². The van der Waals surface area contributed by atoms with Gasteiger partial charge in [0.25, 0.3) is 0 Å². The Kier molecular flexibility index (Phi) is 14.9. The Morgan fingerprint density at radius 2 is 1.55 bits per heavy atom. The van der Waals surface area contributed by atoms with E-state index in [1.54, 1.807) is 42.8 Å². The number of hydrogen-bond acceptors (Lipinski definition) is 13. The third-order valence-corrected chi connectivity index (χ3v) is 18.3. The number of rotatable bonds is 14. The number of hydrogen-bond donors (Lipinski definition) is 3. The zero-order chi connectivity index (χ0) is 53.5. The molecule has 0 bridgehead atoms. The van der Waals surface area contributed by atoms with E-state index in [1.807, 2.05) is 78.7 Å². The van der Waals surface area contributed by atoms with Gasteiger partial charge in [-0.05, 0) is 143 Å². The van der Waals surface area contributed by atoms with Gasteiger partial charge < -0.3 is 34.6 Å². The number of imide groups is 1. The van der Waals surface area contributed by atoms with Crippen LogP contribution in [0.5, 0.6) is 5.75 Å². The van der Waals surface area contributed by atoms with Gasteiger partial charge in [-0.3, -0.25) is 28.7 Å². The summed E-state index contributed by atoms with van der Waals surface area (Å²) in [5, 5.41) is 14.8. The van der Waals surface area contributed by atoms with Crippen LogP contribution in [0.2, 0.25) is 5.02 Å². The number of imidazole rings is 1. The molecule has 4 fully saturated rings. The highest BCUT2D eigenvalue weighted by molar-refractivity contribution is 7.70. The molecule has 402 valence electrons. The van der Waals surface area contributed by atoms with Crippen molar-refractivity contribution in [2.24, 2.45) is 20.0 Å². The van der Waals surface area contributed by atoms with E-state index >= 15 is 0 Å². The summed E-state index contributed by atoms with van der Waals surface area (Å²) in [5.41, 5.74) is 9.05. The van der Waals surface area contributed by atoms with Gasteiger partial charge in [0, 0.05) is 80.6 Å². The molecule has 4 aliphatic heterocycles. The molecule has 4 aromatic carbocycles. The lowest BCUT2D eigenvalue weighted by molar-refractivity contribution is -0.135. The minimum Gasteiger partial charge on any atom is -0.494 e. The Bertz CT molecular complexity index is 3440. The number of methoxy groups -OCH3 is 1. The molecular weight excluding hydrogens is 1010 g/mol. The van der Waals surface area contributed by atoms with Crippen molar-refractivity contribution in [3.8, 4) is 28.0 Å². The Morgan fingerprint density at radius 3 is 2.25 bits per heavy atom. The number of amides is 2. The highest BCUT2D eigenvalue weighted by Crippen LogP contribution is 2.43. The van der Waals surface area contributed by atoms with Crippen LogP contribution in [0.15, 0.2) is 102 Å². The van der Waals surface area contributed by atoms with Crippen LogP contribution in [0.4, 0.5) is 28.8 Å². The lowest BCUT2D eigenvalue weighted by Crippen LogP contribution is -2.49. The van der Waals surface area contributed by atoms with Crippen LogP contribution in [0.3, 0.4) is 0 Å². The van der Waals surface area contributed by atoms with Crippen molar-refractivity contribution in [1.29, 1.82) is 0 Å². The van der Waals surface area contributed by atoms with E-state index in [2.05, 4.69) is 65.0 Å². The van der Waals surface area contributed by atoms with Gasteiger partial charge in [0.15, 0.2) is 5.82 Å². The third-order valence-electron chi connectivity index (χ3n) is 16.4. The van der Waals surface area contributed by atoms with E-state index < -0.39 is 19.1 Å². The van der Waals surface area contributed by atoms with Crippen molar-refractivity contribution in [2.45, 2.75) is 69.4 Å². The number of halogens is 1. The highest BCUT2D eigenvalue weighted by atomic mass is 35.5. The van der Waals surface area contributed by atoms with Crippen molar-refractivity contribution in [3.63, 3.8) is 0 Å². The number of aryl methyl sites for hydroxylation is 2. The Hall–Kier alpha value is -6.78. The Balaban J connectivity index is 0.706. The number of nitrogens with zero attached hydrogens (tertiary/aromatic N) is 9. The molecule has 1 unspecified atom stereocenters. The molecule has 1 atom stereocenters. The normalized spacial score (nSPS) is 18.7. The molecular formula is C58H68ClN12O5P. The molecule has 2 amide bonds. The maximum Gasteiger partial charge on any atom is 0.329 e. The van der Waals surface area contributed by atoms with E-state index in [9.17, 15) is 18.9 Å². The molecule has 11 rings (SSSR count). The van der Waals surface area contributed by atoms with Crippen LogP contribution < -0.4 is 36.6 Å². The summed E-state index contributed by atoms with van der Waals surface area (Å²) in [4.78, 5) is 55.1. The number of aromatic nitrogens is 6. The van der Waals surface area contributed by atoms with Crippen molar-refractivity contribution in [2.75, 3.05) is 81.8 Å². The number of nitrogens with one attached hydrogen (secondary N) is 3. The topological polar surface area (TPSA) is 177 Å². The molecule has 3 aromatic heterocycles. The summed E-state index contributed by atoms with van der Waals surface area (Å²) >= 11 is 6.73. The van der Waals surface area contributed by atoms with Gasteiger partial charge in [0.1, 0.15) is 24.0 Å². The Labute approximate surface area is 454 Å². The lowest BCUT2D eigenvalue weighted by atomic mass is 9.87. The predicted octanol–water partition coefficient (Wildman–Crippen LogP) is 9.13. The summed E-state index contributed by atoms with van der Waals surface area (Å²) in [6.45, 7) is 10.9. The Morgan fingerprint density at radius 1 is 0.779 bits per heavy atom. The quantitative estimate of drug-likeness (QED) is 0.0695. The minimum absolute atomic E-state index is 0.227. The van der Waals surface area contributed by atoms with Gasteiger partial charge in [-0.1, -0.05) is 54.1 Å². The fraction of sp³-hybridized carbons (Fsp3) is 0.414. The van der Waals surface area contributed by atoms with Gasteiger partial charge in [0.2, 0.25) is 17.8 Å². The number of carbonyl (C=O) groups excluding carboxylic acids is 2. The molecule has 17 nitrogen and oxygen atoms in total. The number of ether oxygens (including phenoxy) is 1. The van der Waals surface area contributed by atoms with E-state index in [1.165, 1.54) is 18.4 Å². The smallest absolute Gasteiger partial charge is 0.329 e. The van der Waals surface area contributed by atoms with Crippen LogP contribution in [-0.2, 0) is 28.2 Å². The summed E-state index contributed by atoms with van der Waals surface area (Å²) in [6, 6.07) is 26.3. The summed E-state index contributed by atoms with van der Waals surface area (Å²) < 4.78 is 24.8. The molecule has 4 saturated heterocycles. The lowest BCUT2D eigenvalue weighted by Gasteiger charge is -2.43. The van der Waals surface area contributed by atoms with Crippen LogP contribution in [0.25, 0.3) is 33.3 Å². The van der Waals surface area contributed by atoms with Gasteiger partial charge in [-0.15, -0.1) is 0 Å². The maximum atomic E-state index is 13.7. The van der Waals surface area contributed by atoms with Crippen LogP contribution in [-0.4, -0.2) is 123 Å². The number of piperidine rings is 4. The first-order valence-electron chi connectivity index (χ1n) is 27.0. The third kappa shape index (κ3) is 11.1. The molecule has 7 heterocycles. The molecule has 19 heteroatoms. The summed E-state index contributed by atoms with van der Waals surface area (Å²) in [7, 11) is 2.64. The second kappa shape index (κ2) is 21.9. The highest BCUT2D eigenvalue weighted by Gasteiger charge is 2.34. The zero-order valence-corrected chi connectivity index (χ0v) is 46.2. The number of likely N-dealkylation sites (tertiary alicyclic amines) is 2. The van der Waals surface area contributed by atoms with Crippen molar-refractivity contribution < 1.29 is 18.9 Å². The van der Waals surface area contributed by atoms with Gasteiger partial charge >= 0.3 is 5.69 Å². The average molecular weight is 1080 g/mol. The molecule has 0 spiro atoms. The molecule has 4 aliphatic rings. The first kappa shape index (κ1) is 52.3.